The van der Waals surface area contributed by atoms with E-state index in [9.17, 15) is 4.79 Å². The fourth-order valence-corrected chi connectivity index (χ4v) is 7.29. The van der Waals surface area contributed by atoms with Crippen molar-refractivity contribution in [1.29, 1.82) is 0 Å². The number of fused-ring (bicyclic) bond motifs is 1. The number of para-hydroxylation sites is 2. The van der Waals surface area contributed by atoms with E-state index < -0.39 is 0 Å². The molecule has 0 saturated carbocycles. The second kappa shape index (κ2) is 15.0. The van der Waals surface area contributed by atoms with E-state index in [4.69, 9.17) is 23.6 Å². The minimum absolute atomic E-state index is 0.0892. The summed E-state index contributed by atoms with van der Waals surface area (Å²) in [5, 5.41) is 2.11. The van der Waals surface area contributed by atoms with Crippen LogP contribution in [0.2, 0.25) is 0 Å². The average molecular weight is 658 g/mol. The van der Waals surface area contributed by atoms with Crippen LogP contribution in [0, 0.1) is 0 Å². The standard InChI is InChI=1S/C36H43N5O5S/c1-38(35(42)27-22-31(43-2)34(45-4)32(23-27)44-3)24-26(33-13-8-21-47-33)14-17-39-15-9-16-40(19-18-39)36-37-29-11-5-6-12-30(29)41(36)25-28-10-7-20-46-28/h5-8,10-13,20-23,26H,9,14-19,24-25H2,1-4H3. The molecule has 0 N–H and O–H groups in total. The predicted octanol–water partition coefficient (Wildman–Crippen LogP) is 6.22. The molecule has 1 saturated heterocycles. The molecule has 10 nitrogen and oxygen atoms in total. The molecule has 1 fully saturated rings. The number of hydrogen-bond donors (Lipinski definition) is 0. The quantitative estimate of drug-likeness (QED) is 0.148. The summed E-state index contributed by atoms with van der Waals surface area (Å²) in [4.78, 5) is 26.8. The van der Waals surface area contributed by atoms with E-state index in [0.29, 0.717) is 35.9 Å². The van der Waals surface area contributed by atoms with Crippen LogP contribution in [0.5, 0.6) is 17.2 Å². The summed E-state index contributed by atoms with van der Waals surface area (Å²) in [6.07, 6.45) is 3.72. The molecule has 1 aliphatic rings. The summed E-state index contributed by atoms with van der Waals surface area (Å²) in [5.41, 5.74) is 2.61. The lowest BCUT2D eigenvalue weighted by Gasteiger charge is -2.27. The molecular weight excluding hydrogens is 614 g/mol. The first kappa shape index (κ1) is 32.5. The topological polar surface area (TPSA) is 85.4 Å². The number of rotatable bonds is 13. The highest BCUT2D eigenvalue weighted by Gasteiger charge is 2.25. The average Bonchev–Trinajstić information content (AvgIpc) is 3.86. The summed E-state index contributed by atoms with van der Waals surface area (Å²) in [5.74, 6) is 3.43. The van der Waals surface area contributed by atoms with Crippen molar-refractivity contribution in [2.24, 2.45) is 0 Å². The van der Waals surface area contributed by atoms with Crippen molar-refractivity contribution >= 4 is 34.2 Å². The van der Waals surface area contributed by atoms with Gasteiger partial charge in [0.1, 0.15) is 5.76 Å². The van der Waals surface area contributed by atoms with Gasteiger partial charge in [-0.2, -0.15) is 0 Å². The number of ether oxygens (including phenoxy) is 3. The maximum absolute atomic E-state index is 13.6. The predicted molar refractivity (Wildman–Crippen MR) is 186 cm³/mol. The molecule has 2 aromatic carbocycles. The first-order valence-corrected chi connectivity index (χ1v) is 16.9. The molecule has 248 valence electrons. The van der Waals surface area contributed by atoms with Gasteiger partial charge < -0.3 is 37.9 Å². The normalized spacial score (nSPS) is 14.6. The van der Waals surface area contributed by atoms with Crippen molar-refractivity contribution in [1.82, 2.24) is 19.4 Å². The lowest BCUT2D eigenvalue weighted by molar-refractivity contribution is 0.0782. The molecule has 5 aromatic rings. The van der Waals surface area contributed by atoms with Gasteiger partial charge in [0.05, 0.1) is 45.2 Å². The van der Waals surface area contributed by atoms with E-state index >= 15 is 0 Å². The number of anilines is 1. The molecule has 0 spiro atoms. The van der Waals surface area contributed by atoms with Gasteiger partial charge in [0.2, 0.25) is 11.7 Å². The molecule has 1 aliphatic heterocycles. The van der Waals surface area contributed by atoms with Crippen LogP contribution in [0.3, 0.4) is 0 Å². The fraction of sp³-hybridized carbons (Fsp3) is 0.389. The zero-order valence-corrected chi connectivity index (χ0v) is 28.4. The van der Waals surface area contributed by atoms with Gasteiger partial charge in [0, 0.05) is 49.6 Å². The number of aromatic nitrogens is 2. The van der Waals surface area contributed by atoms with Crippen molar-refractivity contribution in [3.05, 3.63) is 88.5 Å². The van der Waals surface area contributed by atoms with Gasteiger partial charge in [0.15, 0.2) is 11.5 Å². The van der Waals surface area contributed by atoms with Crippen LogP contribution in [-0.4, -0.2) is 92.9 Å². The number of carbonyl (C=O) groups excluding carboxylic acids is 1. The molecular formula is C36H43N5O5S. The summed E-state index contributed by atoms with van der Waals surface area (Å²) in [6.45, 7) is 6.00. The number of thiophene rings is 1. The Morgan fingerprint density at radius 1 is 0.979 bits per heavy atom. The second-order valence-electron chi connectivity index (χ2n) is 11.8. The van der Waals surface area contributed by atoms with E-state index in [1.165, 1.54) is 4.88 Å². The van der Waals surface area contributed by atoms with Crippen LogP contribution in [0.1, 0.15) is 39.8 Å². The molecule has 11 heteroatoms. The number of amides is 1. The SMILES string of the molecule is COc1cc(C(=O)N(C)CC(CCN2CCCN(c3nc4ccccc4n3Cc3ccco3)CC2)c2cccs2)cc(OC)c1OC. The summed E-state index contributed by atoms with van der Waals surface area (Å²) < 4.78 is 24.4. The van der Waals surface area contributed by atoms with Gasteiger partial charge in [0.25, 0.3) is 5.91 Å². The van der Waals surface area contributed by atoms with Gasteiger partial charge >= 0.3 is 0 Å². The molecule has 6 rings (SSSR count). The monoisotopic (exact) mass is 657 g/mol. The van der Waals surface area contributed by atoms with E-state index in [-0.39, 0.29) is 11.8 Å². The maximum Gasteiger partial charge on any atom is 0.253 e. The highest BCUT2D eigenvalue weighted by atomic mass is 32.1. The van der Waals surface area contributed by atoms with Gasteiger partial charge in [-0.15, -0.1) is 11.3 Å². The zero-order chi connectivity index (χ0) is 32.8. The fourth-order valence-electron chi connectivity index (χ4n) is 6.44. The summed E-state index contributed by atoms with van der Waals surface area (Å²) in [7, 11) is 6.54. The zero-order valence-electron chi connectivity index (χ0n) is 27.6. The van der Waals surface area contributed by atoms with Crippen LogP contribution in [0.4, 0.5) is 5.95 Å². The Balaban J connectivity index is 1.12. The highest BCUT2D eigenvalue weighted by Crippen LogP contribution is 2.38. The van der Waals surface area contributed by atoms with Crippen molar-refractivity contribution in [2.75, 3.05) is 72.5 Å². The van der Waals surface area contributed by atoms with Crippen molar-refractivity contribution in [3.63, 3.8) is 0 Å². The lowest BCUT2D eigenvalue weighted by Crippen LogP contribution is -2.35. The number of benzene rings is 2. The van der Waals surface area contributed by atoms with Crippen LogP contribution in [0.15, 0.2) is 76.7 Å². The lowest BCUT2D eigenvalue weighted by atomic mass is 10.0. The third-order valence-electron chi connectivity index (χ3n) is 8.89. The Hall–Kier alpha value is -4.48. The van der Waals surface area contributed by atoms with E-state index in [2.05, 4.69) is 50.1 Å². The van der Waals surface area contributed by atoms with Crippen molar-refractivity contribution < 1.29 is 23.4 Å². The van der Waals surface area contributed by atoms with Gasteiger partial charge in [-0.05, 0) is 73.8 Å². The Morgan fingerprint density at radius 3 is 2.49 bits per heavy atom. The van der Waals surface area contributed by atoms with Gasteiger partial charge in [-0.1, -0.05) is 18.2 Å². The number of nitrogens with zero attached hydrogens (tertiary/aromatic N) is 5. The first-order chi connectivity index (χ1) is 23.0. The minimum Gasteiger partial charge on any atom is -0.493 e. The van der Waals surface area contributed by atoms with Crippen LogP contribution in [0.25, 0.3) is 11.0 Å². The number of carbonyl (C=O) groups is 1. The molecule has 1 atom stereocenters. The molecule has 4 heterocycles. The van der Waals surface area contributed by atoms with Crippen molar-refractivity contribution in [3.8, 4) is 17.2 Å². The molecule has 3 aromatic heterocycles. The third-order valence-corrected chi connectivity index (χ3v) is 9.93. The number of hydrogen-bond acceptors (Lipinski definition) is 9. The van der Waals surface area contributed by atoms with Crippen LogP contribution in [-0.2, 0) is 6.54 Å². The largest absolute Gasteiger partial charge is 0.493 e. The van der Waals surface area contributed by atoms with Crippen LogP contribution >= 0.6 is 11.3 Å². The number of methoxy groups -OCH3 is 3. The molecule has 1 amide bonds. The third kappa shape index (κ3) is 7.26. The molecule has 0 aliphatic carbocycles. The first-order valence-electron chi connectivity index (χ1n) is 16.0. The second-order valence-corrected chi connectivity index (χ2v) is 12.8. The number of imidazole rings is 1. The molecule has 0 bridgehead atoms. The molecule has 47 heavy (non-hydrogen) atoms. The molecule has 0 radical (unpaired) electrons. The Labute approximate surface area is 280 Å². The minimum atomic E-state index is -0.0892. The number of furan rings is 1. The van der Waals surface area contributed by atoms with E-state index in [1.807, 2.05) is 25.2 Å². The summed E-state index contributed by atoms with van der Waals surface area (Å²) in [6, 6.07) is 20.0. The number of likely N-dealkylation sites (N-methyl/N-ethyl adjacent to an activating group) is 1. The Bertz CT molecular complexity index is 1730. The Kier molecular flexibility index (Phi) is 10.3. The van der Waals surface area contributed by atoms with Crippen molar-refractivity contribution in [2.45, 2.75) is 25.3 Å². The van der Waals surface area contributed by atoms with Gasteiger partial charge in [-0.25, -0.2) is 4.98 Å². The highest BCUT2D eigenvalue weighted by molar-refractivity contribution is 7.10. The van der Waals surface area contributed by atoms with E-state index in [0.717, 1.165) is 68.3 Å². The molecule has 1 unspecified atom stereocenters. The smallest absolute Gasteiger partial charge is 0.253 e. The Morgan fingerprint density at radius 2 is 1.79 bits per heavy atom. The summed E-state index contributed by atoms with van der Waals surface area (Å²) >= 11 is 1.75. The maximum atomic E-state index is 13.6. The van der Waals surface area contributed by atoms with E-state index in [1.54, 1.807) is 56.0 Å². The van der Waals surface area contributed by atoms with Gasteiger partial charge in [-0.3, -0.25) is 4.79 Å². The van der Waals surface area contributed by atoms with Crippen LogP contribution < -0.4 is 19.1 Å².